The van der Waals surface area contributed by atoms with E-state index in [1.54, 1.807) is 12.3 Å². The fraction of sp³-hybridized carbons (Fsp3) is 0.200. The highest BCUT2D eigenvalue weighted by molar-refractivity contribution is 7.92. The minimum atomic E-state index is -4.00. The number of carbonyl (C=O) groups is 1. The summed E-state index contributed by atoms with van der Waals surface area (Å²) in [5.74, 6) is -0.920. The molecule has 0 spiro atoms. The van der Waals surface area contributed by atoms with Gasteiger partial charge in [-0.1, -0.05) is 13.0 Å². The van der Waals surface area contributed by atoms with E-state index in [4.69, 9.17) is 4.74 Å². The van der Waals surface area contributed by atoms with Crippen molar-refractivity contribution in [2.24, 2.45) is 5.18 Å². The number of aryl methyl sites for hydroxylation is 1. The topological polar surface area (TPSA) is 115 Å². The number of carbonyl (C=O) groups excluding carboxylic acids is 1. The first-order valence-corrected chi connectivity index (χ1v) is 8.43. The first-order chi connectivity index (χ1) is 11.4. The average molecular weight is 349 g/mol. The second-order valence-corrected chi connectivity index (χ2v) is 6.47. The lowest BCUT2D eigenvalue weighted by Gasteiger charge is -2.12. The van der Waals surface area contributed by atoms with Gasteiger partial charge < -0.3 is 4.74 Å². The van der Waals surface area contributed by atoms with Gasteiger partial charge in [0.2, 0.25) is 5.88 Å². The number of benzene rings is 1. The Kier molecular flexibility index (Phi) is 5.24. The van der Waals surface area contributed by atoms with Gasteiger partial charge in [-0.3, -0.25) is 9.52 Å². The maximum atomic E-state index is 12.5. The van der Waals surface area contributed by atoms with E-state index >= 15 is 0 Å². The van der Waals surface area contributed by atoms with Crippen molar-refractivity contribution in [2.75, 3.05) is 11.8 Å². The maximum Gasteiger partial charge on any atom is 0.316 e. The van der Waals surface area contributed by atoms with Crippen molar-refractivity contribution in [3.05, 3.63) is 52.6 Å². The van der Waals surface area contributed by atoms with E-state index in [2.05, 4.69) is 14.9 Å². The van der Waals surface area contributed by atoms with Crippen LogP contribution in [0.25, 0.3) is 0 Å². The monoisotopic (exact) mass is 349 g/mol. The average Bonchev–Trinajstić information content (AvgIpc) is 2.60. The molecule has 1 amide bonds. The number of rotatable bonds is 6. The smallest absolute Gasteiger partial charge is 0.316 e. The van der Waals surface area contributed by atoms with Crippen LogP contribution in [-0.2, 0) is 16.4 Å². The van der Waals surface area contributed by atoms with E-state index in [0.717, 1.165) is 11.6 Å². The Morgan fingerprint density at radius 3 is 2.71 bits per heavy atom. The molecule has 126 valence electrons. The van der Waals surface area contributed by atoms with Crippen LogP contribution in [-0.4, -0.2) is 26.4 Å². The van der Waals surface area contributed by atoms with Crippen LogP contribution in [0.3, 0.4) is 0 Å². The molecular weight excluding hydrogens is 334 g/mol. The molecule has 8 nitrogen and oxygen atoms in total. The predicted molar refractivity (Wildman–Crippen MR) is 87.5 cm³/mol. The van der Waals surface area contributed by atoms with E-state index in [1.165, 1.54) is 25.3 Å². The van der Waals surface area contributed by atoms with Crippen molar-refractivity contribution in [3.63, 3.8) is 0 Å². The van der Waals surface area contributed by atoms with Crippen molar-refractivity contribution in [1.29, 1.82) is 0 Å². The number of hydrogen-bond acceptors (Lipinski definition) is 6. The highest BCUT2D eigenvalue weighted by Gasteiger charge is 2.19. The molecule has 0 saturated carbocycles. The van der Waals surface area contributed by atoms with Crippen LogP contribution in [0.5, 0.6) is 5.88 Å². The van der Waals surface area contributed by atoms with Gasteiger partial charge in [0.05, 0.1) is 12.0 Å². The number of anilines is 1. The molecule has 2 aromatic rings. The number of nitrogens with zero attached hydrogens (tertiary/aromatic N) is 2. The Labute approximate surface area is 138 Å². The molecule has 0 atom stereocenters. The summed E-state index contributed by atoms with van der Waals surface area (Å²) in [6.07, 6.45) is 2.26. The zero-order valence-corrected chi connectivity index (χ0v) is 13.8. The molecular formula is C15H15N3O5S. The maximum absolute atomic E-state index is 12.5. The van der Waals surface area contributed by atoms with Crippen molar-refractivity contribution in [2.45, 2.75) is 18.2 Å². The van der Waals surface area contributed by atoms with Gasteiger partial charge in [0, 0.05) is 16.9 Å². The summed E-state index contributed by atoms with van der Waals surface area (Å²) in [6, 6.07) is 6.65. The van der Waals surface area contributed by atoms with Gasteiger partial charge >= 0.3 is 5.91 Å². The molecule has 1 heterocycles. The summed E-state index contributed by atoms with van der Waals surface area (Å²) in [6.45, 7) is 1.91. The van der Waals surface area contributed by atoms with E-state index in [-0.39, 0.29) is 22.0 Å². The molecule has 0 radical (unpaired) electrons. The molecule has 9 heteroatoms. The third kappa shape index (κ3) is 3.74. The summed E-state index contributed by atoms with van der Waals surface area (Å²) in [5.41, 5.74) is 0.893. The molecule has 0 fully saturated rings. The molecule has 0 bridgehead atoms. The number of sulfonamides is 1. The molecule has 1 aromatic carbocycles. The molecule has 1 N–H and O–H groups in total. The Morgan fingerprint density at radius 1 is 1.33 bits per heavy atom. The number of ether oxygens (including phenoxy) is 1. The van der Waals surface area contributed by atoms with Gasteiger partial charge in [0.25, 0.3) is 10.0 Å². The lowest BCUT2D eigenvalue weighted by molar-refractivity contribution is 0.100. The summed E-state index contributed by atoms with van der Waals surface area (Å²) in [7, 11) is -2.63. The Bertz CT molecular complexity index is 880. The zero-order valence-electron chi connectivity index (χ0n) is 13.0. The Balaban J connectivity index is 2.42. The lowest BCUT2D eigenvalue weighted by atomic mass is 10.2. The first kappa shape index (κ1) is 17.5. The second-order valence-electron chi connectivity index (χ2n) is 4.78. The van der Waals surface area contributed by atoms with Gasteiger partial charge in [0.15, 0.2) is 0 Å². The van der Waals surface area contributed by atoms with Crippen LogP contribution in [0.1, 0.15) is 22.8 Å². The number of pyridine rings is 1. The first-order valence-electron chi connectivity index (χ1n) is 6.94. The second kappa shape index (κ2) is 7.18. The van der Waals surface area contributed by atoms with Crippen molar-refractivity contribution >= 4 is 21.6 Å². The van der Waals surface area contributed by atoms with Crippen molar-refractivity contribution in [3.8, 4) is 5.88 Å². The van der Waals surface area contributed by atoms with Crippen LogP contribution < -0.4 is 9.46 Å². The molecule has 0 aliphatic rings. The van der Waals surface area contributed by atoms with E-state index in [1.807, 2.05) is 6.92 Å². The summed E-state index contributed by atoms with van der Waals surface area (Å²) in [4.78, 5) is 25.5. The number of amides is 1. The molecule has 0 aliphatic carbocycles. The highest BCUT2D eigenvalue weighted by atomic mass is 32.2. The Hall–Kier alpha value is -2.81. The van der Waals surface area contributed by atoms with E-state index < -0.39 is 15.9 Å². The number of hydrogen-bond donors (Lipinski definition) is 1. The minimum Gasteiger partial charge on any atom is -0.480 e. The fourth-order valence-electron chi connectivity index (χ4n) is 1.98. The molecule has 24 heavy (non-hydrogen) atoms. The lowest BCUT2D eigenvalue weighted by Crippen LogP contribution is -2.15. The number of nitroso groups, excluding NO2 is 1. The van der Waals surface area contributed by atoms with E-state index in [0.29, 0.717) is 6.42 Å². The van der Waals surface area contributed by atoms with Crippen LogP contribution in [0.2, 0.25) is 0 Å². The van der Waals surface area contributed by atoms with Crippen LogP contribution in [0.15, 0.2) is 46.6 Å². The van der Waals surface area contributed by atoms with Crippen LogP contribution in [0, 0.1) is 4.91 Å². The largest absolute Gasteiger partial charge is 0.480 e. The van der Waals surface area contributed by atoms with E-state index in [9.17, 15) is 18.1 Å². The standard InChI is InChI=1S/C15H15N3O5S/c1-3-10-7-13(15(23-2)16-9-10)18-24(21,22)12-6-4-5-11(8-12)14(19)17-20/h4-9,18H,3H2,1-2H3. The summed E-state index contributed by atoms with van der Waals surface area (Å²) < 4.78 is 32.5. The number of methoxy groups -OCH3 is 1. The van der Waals surface area contributed by atoms with Gasteiger partial charge in [0.1, 0.15) is 5.69 Å². The highest BCUT2D eigenvalue weighted by Crippen LogP contribution is 2.26. The third-order valence-electron chi connectivity index (χ3n) is 3.23. The number of nitrogens with one attached hydrogen (secondary N) is 1. The number of aromatic nitrogens is 1. The molecule has 2 rings (SSSR count). The summed E-state index contributed by atoms with van der Waals surface area (Å²) in [5, 5.41) is 2.28. The normalized spacial score (nSPS) is 10.9. The molecule has 0 aliphatic heterocycles. The summed E-state index contributed by atoms with van der Waals surface area (Å²) >= 11 is 0. The molecule has 0 unspecified atom stereocenters. The predicted octanol–water partition coefficient (Wildman–Crippen LogP) is 2.36. The Morgan fingerprint density at radius 2 is 2.08 bits per heavy atom. The van der Waals surface area contributed by atoms with Crippen LogP contribution >= 0.6 is 0 Å². The minimum absolute atomic E-state index is 0.111. The fourth-order valence-corrected chi connectivity index (χ4v) is 3.07. The van der Waals surface area contributed by atoms with Crippen LogP contribution in [0.4, 0.5) is 5.69 Å². The van der Waals surface area contributed by atoms with Crippen molar-refractivity contribution < 1.29 is 17.9 Å². The third-order valence-corrected chi connectivity index (χ3v) is 4.59. The zero-order chi connectivity index (χ0) is 17.7. The quantitative estimate of drug-likeness (QED) is 0.801. The van der Waals surface area contributed by atoms with Gasteiger partial charge in [-0.15, -0.1) is 4.91 Å². The van der Waals surface area contributed by atoms with Gasteiger partial charge in [-0.05, 0) is 36.2 Å². The van der Waals surface area contributed by atoms with Gasteiger partial charge in [-0.25, -0.2) is 13.4 Å². The van der Waals surface area contributed by atoms with Crippen molar-refractivity contribution in [1.82, 2.24) is 4.98 Å². The van der Waals surface area contributed by atoms with Gasteiger partial charge in [-0.2, -0.15) is 0 Å². The molecule has 0 saturated heterocycles. The SMILES string of the molecule is CCc1cnc(OC)c(NS(=O)(=O)c2cccc(C(=O)N=O)c2)c1. The molecule has 1 aromatic heterocycles.